The number of aromatic amines is 1. The Labute approximate surface area is 103 Å². The zero-order chi connectivity index (χ0) is 11.5. The summed E-state index contributed by atoms with van der Waals surface area (Å²) in [5.74, 6) is 0.724. The second-order valence-corrected chi connectivity index (χ2v) is 4.03. The summed E-state index contributed by atoms with van der Waals surface area (Å²) >= 11 is 10.9. The number of hydrogen-bond donors (Lipinski definition) is 1. The Morgan fingerprint density at radius 1 is 1.31 bits per heavy atom. The molecule has 0 fully saturated rings. The van der Waals surface area contributed by atoms with Crippen molar-refractivity contribution in [2.75, 3.05) is 7.11 Å². The average molecular weight is 253 g/mol. The van der Waals surface area contributed by atoms with E-state index >= 15 is 0 Å². The van der Waals surface area contributed by atoms with Crippen LogP contribution in [0.25, 0.3) is 11.3 Å². The van der Waals surface area contributed by atoms with E-state index in [4.69, 9.17) is 28.6 Å². The highest BCUT2D eigenvalue weighted by Crippen LogP contribution is 2.30. The topological polar surface area (TPSA) is 37.9 Å². The van der Waals surface area contributed by atoms with Crippen molar-refractivity contribution in [2.24, 2.45) is 0 Å². The van der Waals surface area contributed by atoms with Crippen molar-refractivity contribution in [2.45, 2.75) is 0 Å². The molecule has 1 aromatic heterocycles. The number of methoxy groups -OCH3 is 1. The number of benzene rings is 1. The van der Waals surface area contributed by atoms with E-state index in [0.717, 1.165) is 17.0 Å². The zero-order valence-corrected chi connectivity index (χ0v) is 10.1. The van der Waals surface area contributed by atoms with Crippen LogP contribution in [0.15, 0.2) is 30.3 Å². The Balaban J connectivity index is 2.57. The number of H-pyrrole nitrogens is 1. The predicted octanol–water partition coefficient (Wildman–Crippen LogP) is 3.47. The van der Waals surface area contributed by atoms with Gasteiger partial charge in [0.25, 0.3) is 0 Å². The van der Waals surface area contributed by atoms with Crippen molar-refractivity contribution >= 4 is 23.8 Å². The van der Waals surface area contributed by atoms with Gasteiger partial charge in [0.15, 0.2) is 0 Å². The first kappa shape index (κ1) is 11.1. The highest BCUT2D eigenvalue weighted by atomic mass is 35.5. The van der Waals surface area contributed by atoms with Crippen LogP contribution in [-0.4, -0.2) is 17.3 Å². The van der Waals surface area contributed by atoms with Gasteiger partial charge in [-0.1, -0.05) is 23.8 Å². The van der Waals surface area contributed by atoms with Gasteiger partial charge in [0.05, 0.1) is 12.8 Å². The molecule has 82 valence electrons. The average Bonchev–Trinajstić information content (AvgIpc) is 2.30. The minimum absolute atomic E-state index is 0.588. The van der Waals surface area contributed by atoms with Gasteiger partial charge < -0.3 is 4.74 Å². The highest BCUT2D eigenvalue weighted by Gasteiger charge is 2.07. The van der Waals surface area contributed by atoms with Gasteiger partial charge >= 0.3 is 0 Å². The Morgan fingerprint density at radius 3 is 2.75 bits per heavy atom. The van der Waals surface area contributed by atoms with Gasteiger partial charge in [-0.15, -0.1) is 0 Å². The number of halogens is 1. The number of aromatic nitrogens is 2. The molecule has 0 unspecified atom stereocenters. The lowest BCUT2D eigenvalue weighted by Crippen LogP contribution is -1.91. The van der Waals surface area contributed by atoms with Gasteiger partial charge in [0.1, 0.15) is 10.4 Å². The molecular weight excluding hydrogens is 244 g/mol. The second kappa shape index (κ2) is 4.63. The van der Waals surface area contributed by atoms with E-state index in [2.05, 4.69) is 10.2 Å². The van der Waals surface area contributed by atoms with E-state index in [0.29, 0.717) is 9.66 Å². The highest BCUT2D eigenvalue weighted by molar-refractivity contribution is 7.71. The summed E-state index contributed by atoms with van der Waals surface area (Å²) in [6, 6.07) is 8.99. The van der Waals surface area contributed by atoms with Gasteiger partial charge in [0, 0.05) is 10.6 Å². The minimum Gasteiger partial charge on any atom is -0.496 e. The van der Waals surface area contributed by atoms with E-state index < -0.39 is 0 Å². The molecule has 0 atom stereocenters. The maximum atomic E-state index is 5.94. The molecule has 0 aliphatic rings. The number of nitrogens with one attached hydrogen (secondary N) is 1. The van der Waals surface area contributed by atoms with Crippen molar-refractivity contribution in [3.63, 3.8) is 0 Å². The second-order valence-electron chi connectivity index (χ2n) is 3.15. The molecule has 0 spiro atoms. The van der Waals surface area contributed by atoms with Crippen molar-refractivity contribution < 1.29 is 4.74 Å². The number of rotatable bonds is 2. The summed E-state index contributed by atoms with van der Waals surface area (Å²) < 4.78 is 5.83. The Hall–Kier alpha value is -1.39. The van der Waals surface area contributed by atoms with E-state index in [1.165, 1.54) is 0 Å². The van der Waals surface area contributed by atoms with Gasteiger partial charge in [-0.05, 0) is 30.3 Å². The number of nitrogens with zero attached hydrogens (tertiary/aromatic N) is 1. The largest absolute Gasteiger partial charge is 0.496 e. The Kier molecular flexibility index (Phi) is 3.22. The summed E-state index contributed by atoms with van der Waals surface area (Å²) in [4.78, 5) is 0. The van der Waals surface area contributed by atoms with Crippen molar-refractivity contribution in [3.05, 3.63) is 40.0 Å². The van der Waals surface area contributed by atoms with Crippen LogP contribution in [0.2, 0.25) is 5.02 Å². The molecule has 0 amide bonds. The third-order valence-electron chi connectivity index (χ3n) is 2.12. The molecule has 1 aromatic carbocycles. The van der Waals surface area contributed by atoms with Crippen molar-refractivity contribution in [1.29, 1.82) is 0 Å². The number of hydrogen-bond acceptors (Lipinski definition) is 3. The lowest BCUT2D eigenvalue weighted by atomic mass is 10.1. The molecule has 5 heteroatoms. The maximum absolute atomic E-state index is 5.94. The van der Waals surface area contributed by atoms with Crippen LogP contribution >= 0.6 is 23.8 Å². The summed E-state index contributed by atoms with van der Waals surface area (Å²) in [5, 5.41) is 7.50. The third-order valence-corrected chi connectivity index (χ3v) is 2.58. The first-order chi connectivity index (χ1) is 7.70. The Bertz CT molecular complexity index is 548. The first-order valence-corrected chi connectivity index (χ1v) is 5.39. The fraction of sp³-hybridized carbons (Fsp3) is 0.0909. The van der Waals surface area contributed by atoms with E-state index in [1.54, 1.807) is 31.4 Å². The predicted molar refractivity (Wildman–Crippen MR) is 66.4 cm³/mol. The van der Waals surface area contributed by atoms with Crippen LogP contribution in [0.4, 0.5) is 0 Å². The monoisotopic (exact) mass is 252 g/mol. The van der Waals surface area contributed by atoms with E-state index in [-0.39, 0.29) is 0 Å². The van der Waals surface area contributed by atoms with Crippen LogP contribution in [0.5, 0.6) is 5.75 Å². The molecule has 1 N–H and O–H groups in total. The van der Waals surface area contributed by atoms with Gasteiger partial charge in [-0.3, -0.25) is 5.10 Å². The summed E-state index contributed by atoms with van der Waals surface area (Å²) in [7, 11) is 1.61. The molecule has 0 saturated heterocycles. The first-order valence-electron chi connectivity index (χ1n) is 4.60. The maximum Gasteiger partial charge on any atom is 0.128 e. The van der Waals surface area contributed by atoms with Gasteiger partial charge in [-0.2, -0.15) is 5.10 Å². The molecule has 0 saturated carbocycles. The minimum atomic E-state index is 0.588. The number of ether oxygens (including phenoxy) is 1. The van der Waals surface area contributed by atoms with Crippen LogP contribution in [0.1, 0.15) is 0 Å². The van der Waals surface area contributed by atoms with Crippen LogP contribution < -0.4 is 4.74 Å². The molecule has 0 radical (unpaired) electrons. The summed E-state index contributed by atoms with van der Waals surface area (Å²) in [5.41, 5.74) is 1.58. The zero-order valence-electron chi connectivity index (χ0n) is 8.53. The van der Waals surface area contributed by atoms with Crippen LogP contribution in [0, 0.1) is 4.64 Å². The molecule has 0 aliphatic carbocycles. The van der Waals surface area contributed by atoms with Crippen LogP contribution in [0.3, 0.4) is 0 Å². The van der Waals surface area contributed by atoms with Gasteiger partial charge in [-0.25, -0.2) is 0 Å². The molecule has 1 heterocycles. The van der Waals surface area contributed by atoms with E-state index in [1.807, 2.05) is 6.07 Å². The van der Waals surface area contributed by atoms with Gasteiger partial charge in [0.2, 0.25) is 0 Å². The molecule has 16 heavy (non-hydrogen) atoms. The fourth-order valence-electron chi connectivity index (χ4n) is 1.37. The molecule has 0 bridgehead atoms. The van der Waals surface area contributed by atoms with E-state index in [9.17, 15) is 0 Å². The smallest absolute Gasteiger partial charge is 0.128 e. The normalized spacial score (nSPS) is 10.1. The fourth-order valence-corrected chi connectivity index (χ4v) is 1.66. The molecule has 3 nitrogen and oxygen atoms in total. The van der Waals surface area contributed by atoms with Crippen molar-refractivity contribution in [1.82, 2.24) is 10.2 Å². The lowest BCUT2D eigenvalue weighted by molar-refractivity contribution is 0.416. The molecule has 2 rings (SSSR count). The Morgan fingerprint density at radius 2 is 2.12 bits per heavy atom. The molecule has 0 aliphatic heterocycles. The lowest BCUT2D eigenvalue weighted by Gasteiger charge is -2.07. The molecular formula is C11H9ClN2OS. The quantitative estimate of drug-likeness (QED) is 0.832. The molecule has 2 aromatic rings. The third kappa shape index (κ3) is 2.23. The SMILES string of the molecule is COc1ccc(Cl)cc1-c1ccc(=S)[nH]n1. The van der Waals surface area contributed by atoms with Crippen LogP contribution in [-0.2, 0) is 0 Å². The summed E-state index contributed by atoms with van der Waals surface area (Å²) in [6.45, 7) is 0. The summed E-state index contributed by atoms with van der Waals surface area (Å²) in [6.07, 6.45) is 0. The van der Waals surface area contributed by atoms with Crippen molar-refractivity contribution in [3.8, 4) is 17.0 Å². The standard InChI is InChI=1S/C11H9ClN2OS/c1-15-10-4-2-7(12)6-8(10)9-3-5-11(16)14-13-9/h2-6H,1H3,(H,14,16).